The summed E-state index contributed by atoms with van der Waals surface area (Å²) in [6.45, 7) is 8.18. The molecule has 0 aliphatic carbocycles. The number of hydrogen-bond acceptors (Lipinski definition) is 27. The van der Waals surface area contributed by atoms with E-state index in [0.717, 1.165) is 137 Å². The van der Waals surface area contributed by atoms with Crippen LogP contribution < -0.4 is 72.0 Å². The topological polar surface area (TPSA) is 489 Å². The fraction of sp³-hybridized carbons (Fsp3) is 0.277. The number of aliphatic hydroxyl groups is 2. The van der Waals surface area contributed by atoms with Crippen LogP contribution in [0.4, 0.5) is 5.82 Å². The van der Waals surface area contributed by atoms with Gasteiger partial charge < -0.3 is 37.2 Å². The van der Waals surface area contributed by atoms with E-state index in [-0.39, 0.29) is 37.4 Å². The molecular formula is C83H79N25O10. The molecule has 35 heteroatoms. The van der Waals surface area contributed by atoms with Crippen molar-refractivity contribution in [3.8, 4) is 45.0 Å². The molecule has 0 amide bonds. The van der Waals surface area contributed by atoms with Crippen LogP contribution in [0.15, 0.2) is 185 Å². The van der Waals surface area contributed by atoms with Gasteiger partial charge in [0.2, 0.25) is 0 Å². The van der Waals surface area contributed by atoms with Crippen LogP contribution in [0, 0.1) is 6.92 Å². The average molecular weight is 1590 g/mol. The van der Waals surface area contributed by atoms with Gasteiger partial charge in [-0.15, -0.1) is 0 Å². The molecule has 20 rings (SSSR count). The molecule has 0 aromatic carbocycles. The smallest absolute Gasteiger partial charge is 0.329 e. The third-order valence-electron chi connectivity index (χ3n) is 22.0. The summed E-state index contributed by atoms with van der Waals surface area (Å²) in [5.41, 5.74) is 16.9. The van der Waals surface area contributed by atoms with Gasteiger partial charge in [-0.2, -0.15) is 0 Å². The van der Waals surface area contributed by atoms with Crippen molar-refractivity contribution in [2.45, 2.75) is 95.7 Å². The number of aryl methyl sites for hydroxylation is 1. The lowest BCUT2D eigenvalue weighted by Gasteiger charge is -2.26. The fourth-order valence-electron chi connectivity index (χ4n) is 16.0. The molecule has 12 N–H and O–H groups in total. The van der Waals surface area contributed by atoms with E-state index >= 15 is 0 Å². The number of nitrogens with one attached hydrogen (secondary N) is 8. The van der Waals surface area contributed by atoms with Crippen molar-refractivity contribution in [3.63, 3.8) is 0 Å². The minimum Gasteiger partial charge on any atom is -0.390 e. The number of piperidine rings is 4. The molecule has 20 heterocycles. The summed E-state index contributed by atoms with van der Waals surface area (Å²) in [6.07, 6.45) is 19.1. The standard InChI is InChI=1S/2C21H20N6O3.C21H20N6O2.C20H19N7O2/c2*28-11-13-2-1-12(9-23-13)16-3-4-17-18(25-16)19-15(10-24-17)20(29)26-21(30)27(19)14-5-7-22-8-6-14;1-12-2-3-13(10-23-12)16-4-5-17-18(25-16)19-15(11-24-17)20(28)26-21(29)27(19)14-6-8-22-9-7-14;21-16-4-1-11(9-24-16)14-2-3-15-17(25-14)18-13(10-23-15)19(28)26-20(29)27(18)12-5-7-22-8-6-12/h2*1-4,9-10,14,22,28H,5-8,11H2,(H,26,29,30);2-5,10-11,14,22H,6-9H2,1H3,(H,26,28,29);1-4,9-10,12,22H,5-8H2,(H2,21,24)(H,26,28,29). The molecule has 4 aliphatic heterocycles. The van der Waals surface area contributed by atoms with E-state index in [2.05, 4.69) is 81.1 Å². The molecule has 16 aromatic heterocycles. The van der Waals surface area contributed by atoms with Crippen molar-refractivity contribution in [2.75, 3.05) is 58.1 Å². The van der Waals surface area contributed by atoms with E-state index in [9.17, 15) is 48.6 Å². The monoisotopic (exact) mass is 1590 g/mol. The molecule has 0 bridgehead atoms. The van der Waals surface area contributed by atoms with Crippen LogP contribution in [-0.2, 0) is 13.2 Å². The van der Waals surface area contributed by atoms with Gasteiger partial charge >= 0.3 is 22.8 Å². The number of anilines is 1. The van der Waals surface area contributed by atoms with Crippen LogP contribution in [0.2, 0.25) is 0 Å². The molecule has 0 radical (unpaired) electrons. The highest BCUT2D eigenvalue weighted by atomic mass is 16.3. The molecule has 596 valence electrons. The van der Waals surface area contributed by atoms with E-state index in [1.807, 2.05) is 85.8 Å². The van der Waals surface area contributed by atoms with Crippen molar-refractivity contribution in [3.05, 3.63) is 247 Å². The third kappa shape index (κ3) is 15.2. The number of fused-ring (bicyclic) bond motifs is 12. The van der Waals surface area contributed by atoms with E-state index in [4.69, 9.17) is 25.7 Å². The first kappa shape index (κ1) is 76.8. The SMILES string of the molecule is Cc1ccc(-c2ccc3ncc4c(=O)[nH]c(=O)n(C5CCNCC5)c4c3n2)cn1.Nc1ccc(-c2ccc3ncc4c(=O)[nH]c(=O)n(C5CCNCC5)c4c3n2)cn1.O=c1[nH]c(=O)n(C2CCNCC2)c2c1cnc1ccc(-c3ccc(CO)nc3)nc12.O=c1[nH]c(=O)n(C2CCNCC2)c2c1cnc1ccc(-c3ccc(CO)nc3)nc12. The molecule has 4 aliphatic rings. The van der Waals surface area contributed by atoms with Crippen LogP contribution in [0.1, 0.15) is 92.6 Å². The van der Waals surface area contributed by atoms with Crippen molar-refractivity contribution in [1.82, 2.24) is 119 Å². The largest absolute Gasteiger partial charge is 0.390 e. The Morgan fingerprint density at radius 1 is 0.322 bits per heavy atom. The number of aliphatic hydroxyl groups excluding tert-OH is 2. The summed E-state index contributed by atoms with van der Waals surface area (Å²) in [5, 5.41) is 33.1. The Balaban J connectivity index is 0.000000113. The molecule has 4 saturated heterocycles. The first-order valence-corrected chi connectivity index (χ1v) is 38.9. The van der Waals surface area contributed by atoms with Gasteiger partial charge in [0, 0.05) is 102 Å². The van der Waals surface area contributed by atoms with Crippen LogP contribution in [0.3, 0.4) is 0 Å². The zero-order valence-electron chi connectivity index (χ0n) is 63.8. The number of aromatic amines is 4. The van der Waals surface area contributed by atoms with Crippen molar-refractivity contribution in [1.29, 1.82) is 0 Å². The molecule has 4 fully saturated rings. The number of pyridine rings is 12. The zero-order chi connectivity index (χ0) is 81.2. The van der Waals surface area contributed by atoms with Crippen LogP contribution >= 0.6 is 0 Å². The molecular weight excluding hydrogens is 1510 g/mol. The minimum atomic E-state index is -0.462. The quantitative estimate of drug-likeness (QED) is 0.0768. The van der Waals surface area contributed by atoms with Gasteiger partial charge in [-0.3, -0.25) is 92.3 Å². The molecule has 118 heavy (non-hydrogen) atoms. The summed E-state index contributed by atoms with van der Waals surface area (Å²) < 4.78 is 6.72. The maximum absolute atomic E-state index is 12.8. The summed E-state index contributed by atoms with van der Waals surface area (Å²) >= 11 is 0. The fourth-order valence-corrected chi connectivity index (χ4v) is 16.0. The Morgan fingerprint density at radius 2 is 0.585 bits per heavy atom. The Morgan fingerprint density at radius 3 is 0.822 bits per heavy atom. The van der Waals surface area contributed by atoms with Gasteiger partial charge in [-0.25, -0.2) is 44.1 Å². The minimum absolute atomic E-state index is 0.000183. The molecule has 16 aromatic rings. The first-order valence-electron chi connectivity index (χ1n) is 38.9. The second-order valence-electron chi connectivity index (χ2n) is 29.3. The number of aromatic nitrogens is 20. The predicted molar refractivity (Wildman–Crippen MR) is 446 cm³/mol. The normalized spacial score (nSPS) is 15.1. The molecule has 0 unspecified atom stereocenters. The van der Waals surface area contributed by atoms with Crippen molar-refractivity contribution in [2.24, 2.45) is 0 Å². The number of nitrogens with two attached hydrogens (primary N) is 1. The molecule has 0 saturated carbocycles. The van der Waals surface area contributed by atoms with Gasteiger partial charge in [-0.1, -0.05) is 0 Å². The van der Waals surface area contributed by atoms with E-state index < -0.39 is 45.0 Å². The molecule has 35 nitrogen and oxygen atoms in total. The summed E-state index contributed by atoms with van der Waals surface area (Å²) in [4.78, 5) is 165. The highest BCUT2D eigenvalue weighted by molar-refractivity contribution is 6.04. The second-order valence-corrected chi connectivity index (χ2v) is 29.3. The average Bonchev–Trinajstić information content (AvgIpc) is 0.760. The third-order valence-corrected chi connectivity index (χ3v) is 22.0. The van der Waals surface area contributed by atoms with Gasteiger partial charge in [0.25, 0.3) is 22.2 Å². The Kier molecular flexibility index (Phi) is 21.6. The maximum Gasteiger partial charge on any atom is 0.329 e. The molecule has 0 spiro atoms. The Hall–Kier alpha value is -13.8. The predicted octanol–water partition coefficient (Wildman–Crippen LogP) is 5.35. The lowest BCUT2D eigenvalue weighted by atomic mass is 10.1. The lowest BCUT2D eigenvalue weighted by Crippen LogP contribution is -2.38. The number of nitrogens with zero attached hydrogens (tertiary/aromatic N) is 16. The summed E-state index contributed by atoms with van der Waals surface area (Å²) in [7, 11) is 0. The van der Waals surface area contributed by atoms with Gasteiger partial charge in [-0.05, 0) is 208 Å². The zero-order valence-corrected chi connectivity index (χ0v) is 63.8. The van der Waals surface area contributed by atoms with Crippen LogP contribution in [0.25, 0.3) is 133 Å². The van der Waals surface area contributed by atoms with Crippen molar-refractivity contribution >= 4 is 93.6 Å². The summed E-state index contributed by atoms with van der Waals surface area (Å²) in [5.74, 6) is 0.424. The number of rotatable bonds is 10. The summed E-state index contributed by atoms with van der Waals surface area (Å²) in [6, 6.07) is 29.2. The highest BCUT2D eigenvalue weighted by Crippen LogP contribution is 2.34. The number of H-pyrrole nitrogens is 4. The maximum atomic E-state index is 12.8. The van der Waals surface area contributed by atoms with E-state index in [1.54, 1.807) is 61.3 Å². The first-order chi connectivity index (χ1) is 57.5. The number of hydrogen-bond donors (Lipinski definition) is 11. The van der Waals surface area contributed by atoms with Gasteiger partial charge in [0.1, 0.15) is 27.9 Å². The van der Waals surface area contributed by atoms with Gasteiger partial charge in [0.05, 0.1) is 113 Å². The number of nitrogen functional groups attached to an aromatic ring is 1. The lowest BCUT2D eigenvalue weighted by molar-refractivity contribution is 0.276. The van der Waals surface area contributed by atoms with Crippen molar-refractivity contribution < 1.29 is 10.2 Å². The second kappa shape index (κ2) is 33.2. The van der Waals surface area contributed by atoms with Crippen LogP contribution in [0.5, 0.6) is 0 Å². The Bertz CT molecular complexity index is 6650. The molecule has 0 atom stereocenters. The van der Waals surface area contributed by atoms with E-state index in [0.29, 0.717) is 122 Å². The van der Waals surface area contributed by atoms with Gasteiger partial charge in [0.15, 0.2) is 0 Å². The highest BCUT2D eigenvalue weighted by Gasteiger charge is 2.28. The van der Waals surface area contributed by atoms with Crippen LogP contribution in [-0.4, -0.2) is 161 Å². The van der Waals surface area contributed by atoms with E-state index in [1.165, 1.54) is 24.8 Å². The Labute approximate surface area is 665 Å².